The number of carbonyl (C=O) groups excluding carboxylic acids is 2. The zero-order chi connectivity index (χ0) is 19.4. The Labute approximate surface area is 155 Å². The Hall–Kier alpha value is -3.20. The van der Waals surface area contributed by atoms with Crippen molar-refractivity contribution in [3.8, 4) is 0 Å². The number of thiazole rings is 1. The molecule has 9 heteroatoms. The van der Waals surface area contributed by atoms with Crippen LogP contribution in [0.1, 0.15) is 16.1 Å². The molecule has 0 unspecified atom stereocenters. The molecule has 0 spiro atoms. The molecule has 0 aliphatic carbocycles. The average Bonchev–Trinajstić information content (AvgIpc) is 3.11. The van der Waals surface area contributed by atoms with E-state index < -0.39 is 29.0 Å². The quantitative estimate of drug-likeness (QED) is 0.646. The van der Waals surface area contributed by atoms with Crippen LogP contribution in [-0.2, 0) is 11.2 Å². The normalized spacial score (nSPS) is 10.5. The molecule has 27 heavy (non-hydrogen) atoms. The van der Waals surface area contributed by atoms with Gasteiger partial charge in [0.15, 0.2) is 22.6 Å². The predicted octanol–water partition coefficient (Wildman–Crippen LogP) is 3.99. The Kier molecular flexibility index (Phi) is 5.51. The van der Waals surface area contributed by atoms with Crippen LogP contribution >= 0.6 is 11.3 Å². The second kappa shape index (κ2) is 8.00. The fourth-order valence-corrected chi connectivity index (χ4v) is 2.90. The number of aromatic nitrogens is 1. The maximum absolute atomic E-state index is 13.6. The Morgan fingerprint density at radius 3 is 2.44 bits per heavy atom. The predicted molar refractivity (Wildman–Crippen MR) is 95.2 cm³/mol. The Morgan fingerprint density at radius 2 is 1.70 bits per heavy atom. The third-order valence-corrected chi connectivity index (χ3v) is 4.23. The highest BCUT2D eigenvalue weighted by molar-refractivity contribution is 7.14. The molecule has 0 fully saturated rings. The van der Waals surface area contributed by atoms with Crippen LogP contribution in [0.5, 0.6) is 0 Å². The molecule has 2 amide bonds. The highest BCUT2D eigenvalue weighted by Gasteiger charge is 2.18. The van der Waals surface area contributed by atoms with Crippen molar-refractivity contribution in [1.29, 1.82) is 0 Å². The van der Waals surface area contributed by atoms with Crippen molar-refractivity contribution in [2.24, 2.45) is 0 Å². The fourth-order valence-electron chi connectivity index (χ4n) is 2.19. The number of halogens is 3. The van der Waals surface area contributed by atoms with Gasteiger partial charge in [-0.15, -0.1) is 11.3 Å². The minimum Gasteiger partial charge on any atom is -0.318 e. The van der Waals surface area contributed by atoms with Gasteiger partial charge in [0.05, 0.1) is 12.1 Å². The van der Waals surface area contributed by atoms with E-state index in [0.717, 1.165) is 23.0 Å². The first-order valence-corrected chi connectivity index (χ1v) is 8.56. The lowest BCUT2D eigenvalue weighted by Gasteiger charge is -2.05. The summed E-state index contributed by atoms with van der Waals surface area (Å²) in [7, 11) is 0. The van der Waals surface area contributed by atoms with Gasteiger partial charge < -0.3 is 10.6 Å². The van der Waals surface area contributed by atoms with E-state index in [4.69, 9.17) is 0 Å². The second-order valence-corrected chi connectivity index (χ2v) is 6.28. The summed E-state index contributed by atoms with van der Waals surface area (Å²) in [5, 5.41) is 6.21. The van der Waals surface area contributed by atoms with E-state index in [0.29, 0.717) is 6.07 Å². The van der Waals surface area contributed by atoms with Crippen molar-refractivity contribution in [2.45, 2.75) is 6.42 Å². The van der Waals surface area contributed by atoms with Crippen LogP contribution in [-0.4, -0.2) is 16.8 Å². The van der Waals surface area contributed by atoms with Crippen LogP contribution in [0.3, 0.4) is 0 Å². The first kappa shape index (κ1) is 18.6. The Morgan fingerprint density at radius 1 is 0.963 bits per heavy atom. The monoisotopic (exact) mass is 391 g/mol. The van der Waals surface area contributed by atoms with Gasteiger partial charge in [-0.3, -0.25) is 9.59 Å². The van der Waals surface area contributed by atoms with Crippen LogP contribution < -0.4 is 10.6 Å². The zero-order valence-corrected chi connectivity index (χ0v) is 14.4. The third kappa shape index (κ3) is 4.50. The van der Waals surface area contributed by atoms with E-state index in [1.165, 1.54) is 5.38 Å². The number of rotatable bonds is 5. The van der Waals surface area contributed by atoms with Crippen molar-refractivity contribution < 1.29 is 22.8 Å². The number of anilines is 2. The molecule has 5 nitrogen and oxygen atoms in total. The van der Waals surface area contributed by atoms with E-state index in [2.05, 4.69) is 15.6 Å². The molecule has 138 valence electrons. The molecular weight excluding hydrogens is 379 g/mol. The molecule has 3 rings (SSSR count). The molecule has 0 aliphatic rings. The van der Waals surface area contributed by atoms with Crippen LogP contribution in [0.2, 0.25) is 0 Å². The number of hydrogen-bond donors (Lipinski definition) is 2. The zero-order valence-electron chi connectivity index (χ0n) is 13.6. The summed E-state index contributed by atoms with van der Waals surface area (Å²) in [4.78, 5) is 28.0. The van der Waals surface area contributed by atoms with Gasteiger partial charge in [-0.25, -0.2) is 18.2 Å². The maximum atomic E-state index is 13.6. The van der Waals surface area contributed by atoms with Crippen LogP contribution in [0.25, 0.3) is 0 Å². The Bertz CT molecular complexity index is 993. The highest BCUT2D eigenvalue weighted by atomic mass is 32.1. The molecule has 0 atom stereocenters. The molecule has 2 aromatic carbocycles. The van der Waals surface area contributed by atoms with Crippen molar-refractivity contribution in [2.75, 3.05) is 10.6 Å². The van der Waals surface area contributed by atoms with Crippen molar-refractivity contribution in [1.82, 2.24) is 4.98 Å². The largest absolute Gasteiger partial charge is 0.318 e. The van der Waals surface area contributed by atoms with Gasteiger partial charge in [-0.1, -0.05) is 30.3 Å². The lowest BCUT2D eigenvalue weighted by molar-refractivity contribution is -0.115. The summed E-state index contributed by atoms with van der Waals surface area (Å²) in [6.45, 7) is 0. The maximum Gasteiger partial charge on any atom is 0.275 e. The number of nitrogens with zero attached hydrogens (tertiary/aromatic N) is 1. The second-order valence-electron chi connectivity index (χ2n) is 5.43. The van der Waals surface area contributed by atoms with Crippen LogP contribution in [0.15, 0.2) is 47.8 Å². The summed E-state index contributed by atoms with van der Waals surface area (Å²) in [5.74, 6) is -5.67. The van der Waals surface area contributed by atoms with Gasteiger partial charge in [-0.2, -0.15) is 0 Å². The van der Waals surface area contributed by atoms with Gasteiger partial charge in [0.25, 0.3) is 5.91 Å². The minimum atomic E-state index is -1.68. The molecular formula is C18H12F3N3O2S. The van der Waals surface area contributed by atoms with Gasteiger partial charge >= 0.3 is 0 Å². The summed E-state index contributed by atoms with van der Waals surface area (Å²) in [6, 6.07) is 10.7. The van der Waals surface area contributed by atoms with E-state index in [9.17, 15) is 22.8 Å². The molecule has 0 saturated carbocycles. The highest BCUT2D eigenvalue weighted by Crippen LogP contribution is 2.21. The van der Waals surface area contributed by atoms with Crippen molar-refractivity contribution in [3.63, 3.8) is 0 Å². The number of carbonyl (C=O) groups is 2. The molecule has 1 heterocycles. The Balaban J connectivity index is 1.64. The average molecular weight is 391 g/mol. The number of amides is 2. The molecule has 1 aromatic heterocycles. The standard InChI is InChI=1S/C18H12F3N3O2S/c19-11-6-7-12(16(21)15(11)20)22-17(26)13-9-27-18(23-13)24-14(25)8-10-4-2-1-3-5-10/h1-7,9H,8H2,(H,22,26)(H,23,24,25). The van der Waals surface area contributed by atoms with Gasteiger partial charge in [0.2, 0.25) is 5.91 Å². The van der Waals surface area contributed by atoms with E-state index in [1.54, 1.807) is 12.1 Å². The third-order valence-electron chi connectivity index (χ3n) is 3.47. The summed E-state index contributed by atoms with van der Waals surface area (Å²) in [6.07, 6.45) is 0.141. The molecule has 2 N–H and O–H groups in total. The smallest absolute Gasteiger partial charge is 0.275 e. The van der Waals surface area contributed by atoms with Gasteiger partial charge in [-0.05, 0) is 17.7 Å². The fraction of sp³-hybridized carbons (Fsp3) is 0.0556. The first-order chi connectivity index (χ1) is 12.9. The van der Waals surface area contributed by atoms with E-state index in [-0.39, 0.29) is 23.2 Å². The molecule has 0 aliphatic heterocycles. The summed E-state index contributed by atoms with van der Waals surface area (Å²) < 4.78 is 39.7. The lowest BCUT2D eigenvalue weighted by atomic mass is 10.1. The van der Waals surface area contributed by atoms with E-state index >= 15 is 0 Å². The SMILES string of the molecule is O=C(Cc1ccccc1)Nc1nc(C(=O)Nc2ccc(F)c(F)c2F)cs1. The van der Waals surface area contributed by atoms with Crippen LogP contribution in [0.4, 0.5) is 24.0 Å². The molecule has 0 saturated heterocycles. The summed E-state index contributed by atoms with van der Waals surface area (Å²) >= 11 is 1.01. The molecule has 3 aromatic rings. The van der Waals surface area contributed by atoms with Gasteiger partial charge in [0, 0.05) is 5.38 Å². The summed E-state index contributed by atoms with van der Waals surface area (Å²) in [5.41, 5.74) is 0.207. The van der Waals surface area contributed by atoms with Crippen molar-refractivity contribution >= 4 is 34.0 Å². The van der Waals surface area contributed by atoms with Crippen molar-refractivity contribution in [3.05, 3.63) is 76.6 Å². The molecule has 0 radical (unpaired) electrons. The number of nitrogens with one attached hydrogen (secondary N) is 2. The van der Waals surface area contributed by atoms with Crippen LogP contribution in [0, 0.1) is 17.5 Å². The van der Waals surface area contributed by atoms with E-state index in [1.807, 2.05) is 18.2 Å². The minimum absolute atomic E-state index is 0.0980. The molecule has 0 bridgehead atoms. The lowest BCUT2D eigenvalue weighted by Crippen LogP contribution is -2.16. The number of hydrogen-bond acceptors (Lipinski definition) is 4. The number of benzene rings is 2. The first-order valence-electron chi connectivity index (χ1n) is 7.68. The van der Waals surface area contributed by atoms with Gasteiger partial charge in [0.1, 0.15) is 5.69 Å². The topological polar surface area (TPSA) is 71.1 Å².